The van der Waals surface area contributed by atoms with Gasteiger partial charge in [0.25, 0.3) is 0 Å². The number of nitrogens with two attached hydrogens (primary N) is 1. The van der Waals surface area contributed by atoms with Gasteiger partial charge in [0.2, 0.25) is 0 Å². The molecule has 0 aliphatic carbocycles. The van der Waals surface area contributed by atoms with Gasteiger partial charge in [0.15, 0.2) is 0 Å². The summed E-state index contributed by atoms with van der Waals surface area (Å²) < 4.78 is 0. The first-order valence-electron chi connectivity index (χ1n) is 7.67. The summed E-state index contributed by atoms with van der Waals surface area (Å²) in [7, 11) is 0. The lowest BCUT2D eigenvalue weighted by atomic mass is 10.0. The Bertz CT molecular complexity index is 712. The molecule has 1 aliphatic rings. The van der Waals surface area contributed by atoms with Crippen molar-refractivity contribution >= 4 is 22.7 Å². The first-order valence-corrected chi connectivity index (χ1v) is 7.67. The van der Waals surface area contributed by atoms with Crippen molar-refractivity contribution in [2.75, 3.05) is 12.3 Å². The Morgan fingerprint density at radius 2 is 2.14 bits per heavy atom. The van der Waals surface area contributed by atoms with Crippen molar-refractivity contribution in [1.29, 1.82) is 0 Å². The summed E-state index contributed by atoms with van der Waals surface area (Å²) >= 11 is 0. The number of aromatic nitrogens is 1. The van der Waals surface area contributed by atoms with E-state index in [0.29, 0.717) is 0 Å². The van der Waals surface area contributed by atoms with Crippen LogP contribution in [0.2, 0.25) is 0 Å². The Morgan fingerprint density at radius 3 is 2.86 bits per heavy atom. The summed E-state index contributed by atoms with van der Waals surface area (Å²) in [4.78, 5) is 7.36. The lowest BCUT2D eigenvalue weighted by Crippen LogP contribution is -2.16. The van der Waals surface area contributed by atoms with Crippen LogP contribution in [0.5, 0.6) is 0 Å². The summed E-state index contributed by atoms with van der Waals surface area (Å²) in [6, 6.07) is 6.27. The van der Waals surface area contributed by atoms with E-state index in [-0.39, 0.29) is 0 Å². The molecular formula is C18H23N3. The lowest BCUT2D eigenvalue weighted by Gasteiger charge is -2.12. The van der Waals surface area contributed by atoms with E-state index in [1.165, 1.54) is 11.1 Å². The molecule has 0 spiro atoms. The van der Waals surface area contributed by atoms with E-state index in [2.05, 4.69) is 49.9 Å². The summed E-state index contributed by atoms with van der Waals surface area (Å²) in [6.45, 7) is 9.39. The van der Waals surface area contributed by atoms with Crippen LogP contribution in [-0.4, -0.2) is 16.4 Å². The van der Waals surface area contributed by atoms with Crippen molar-refractivity contribution in [3.8, 4) is 0 Å². The first-order chi connectivity index (χ1) is 10.1. The zero-order valence-corrected chi connectivity index (χ0v) is 13.1. The molecule has 0 saturated heterocycles. The number of para-hydroxylation sites is 1. The minimum Gasteiger partial charge on any atom is -0.398 e. The van der Waals surface area contributed by atoms with Crippen molar-refractivity contribution < 1.29 is 0 Å². The average Bonchev–Trinajstić information content (AvgIpc) is 2.83. The molecule has 110 valence electrons. The van der Waals surface area contributed by atoms with E-state index in [9.17, 15) is 0 Å². The molecule has 2 heterocycles. The van der Waals surface area contributed by atoms with Crippen molar-refractivity contribution in [3.63, 3.8) is 0 Å². The number of nitrogen functional groups attached to an aromatic ring is 1. The predicted molar refractivity (Wildman–Crippen MR) is 89.9 cm³/mol. The van der Waals surface area contributed by atoms with E-state index in [1.807, 2.05) is 0 Å². The summed E-state index contributed by atoms with van der Waals surface area (Å²) in [5.41, 5.74) is 13.2. The van der Waals surface area contributed by atoms with Gasteiger partial charge < -0.3 is 5.73 Å². The Hall–Kier alpha value is -1.87. The van der Waals surface area contributed by atoms with Gasteiger partial charge in [-0.2, -0.15) is 0 Å². The lowest BCUT2D eigenvalue weighted by molar-refractivity contribution is 0.283. The average molecular weight is 281 g/mol. The molecule has 1 aliphatic heterocycles. The topological polar surface area (TPSA) is 42.2 Å². The second-order valence-electron chi connectivity index (χ2n) is 6.13. The predicted octanol–water partition coefficient (Wildman–Crippen LogP) is 3.97. The Balaban J connectivity index is 2.16. The van der Waals surface area contributed by atoms with E-state index in [4.69, 9.17) is 10.7 Å². The number of anilines is 1. The highest BCUT2D eigenvalue weighted by Crippen LogP contribution is 2.33. The number of allylic oxidation sites excluding steroid dienone is 1. The fourth-order valence-corrected chi connectivity index (χ4v) is 3.12. The molecule has 3 rings (SSSR count). The highest BCUT2D eigenvalue weighted by molar-refractivity contribution is 5.97. The quantitative estimate of drug-likeness (QED) is 0.925. The zero-order valence-electron chi connectivity index (χ0n) is 13.1. The van der Waals surface area contributed by atoms with Crippen LogP contribution < -0.4 is 5.73 Å². The SMILES string of the molecule is CCCN1Cc2nc3c(C=C(C)C)cccc3c(N)c2C1. The van der Waals surface area contributed by atoms with Crippen LogP contribution in [0.3, 0.4) is 0 Å². The molecule has 0 saturated carbocycles. The summed E-state index contributed by atoms with van der Waals surface area (Å²) in [6.07, 6.45) is 3.34. The van der Waals surface area contributed by atoms with Gasteiger partial charge in [0.1, 0.15) is 0 Å². The molecule has 0 bridgehead atoms. The van der Waals surface area contributed by atoms with E-state index < -0.39 is 0 Å². The molecule has 1 aromatic carbocycles. The molecule has 2 aromatic rings. The summed E-state index contributed by atoms with van der Waals surface area (Å²) in [5.74, 6) is 0. The fourth-order valence-electron chi connectivity index (χ4n) is 3.12. The minimum atomic E-state index is 0.914. The number of hydrogen-bond acceptors (Lipinski definition) is 3. The molecule has 0 unspecified atom stereocenters. The van der Waals surface area contributed by atoms with Crippen LogP contribution >= 0.6 is 0 Å². The number of rotatable bonds is 3. The minimum absolute atomic E-state index is 0.914. The van der Waals surface area contributed by atoms with Gasteiger partial charge in [0.05, 0.1) is 11.2 Å². The van der Waals surface area contributed by atoms with Crippen LogP contribution in [0, 0.1) is 0 Å². The fraction of sp³-hybridized carbons (Fsp3) is 0.389. The van der Waals surface area contributed by atoms with Gasteiger partial charge in [-0.25, -0.2) is 0 Å². The highest BCUT2D eigenvalue weighted by Gasteiger charge is 2.23. The number of benzene rings is 1. The molecule has 21 heavy (non-hydrogen) atoms. The molecular weight excluding hydrogens is 258 g/mol. The number of hydrogen-bond donors (Lipinski definition) is 1. The van der Waals surface area contributed by atoms with Crippen LogP contribution in [0.15, 0.2) is 23.8 Å². The number of nitrogens with zero attached hydrogens (tertiary/aromatic N) is 2. The largest absolute Gasteiger partial charge is 0.398 e. The molecule has 2 N–H and O–H groups in total. The third-order valence-electron chi connectivity index (χ3n) is 4.02. The maximum absolute atomic E-state index is 6.44. The first kappa shape index (κ1) is 14.1. The van der Waals surface area contributed by atoms with Crippen molar-refractivity contribution in [2.45, 2.75) is 40.3 Å². The van der Waals surface area contributed by atoms with E-state index in [1.54, 1.807) is 0 Å². The van der Waals surface area contributed by atoms with Gasteiger partial charge in [0, 0.05) is 35.3 Å². The van der Waals surface area contributed by atoms with E-state index >= 15 is 0 Å². The summed E-state index contributed by atoms with van der Waals surface area (Å²) in [5, 5.41) is 1.09. The van der Waals surface area contributed by atoms with Gasteiger partial charge in [-0.15, -0.1) is 0 Å². The van der Waals surface area contributed by atoms with Gasteiger partial charge in [-0.1, -0.05) is 36.8 Å². The van der Waals surface area contributed by atoms with E-state index in [0.717, 1.165) is 53.9 Å². The normalized spacial score (nSPS) is 14.4. The molecule has 0 atom stereocenters. The monoisotopic (exact) mass is 281 g/mol. The van der Waals surface area contributed by atoms with Gasteiger partial charge in [-0.05, 0) is 26.8 Å². The standard InChI is InChI=1S/C18H23N3/c1-4-8-21-10-15-16(11-21)20-18-13(9-12(2)3)6-5-7-14(18)17(15)19/h5-7,9H,4,8,10-11H2,1-3H3,(H2,19,20). The number of pyridine rings is 1. The second-order valence-corrected chi connectivity index (χ2v) is 6.13. The molecule has 0 fully saturated rings. The molecule has 1 aromatic heterocycles. The van der Waals surface area contributed by atoms with Crippen molar-refractivity contribution in [3.05, 3.63) is 40.6 Å². The Morgan fingerprint density at radius 1 is 1.33 bits per heavy atom. The van der Waals surface area contributed by atoms with Crippen LogP contribution in [0.25, 0.3) is 17.0 Å². The zero-order chi connectivity index (χ0) is 15.0. The van der Waals surface area contributed by atoms with Gasteiger partial charge in [-0.3, -0.25) is 9.88 Å². The smallest absolute Gasteiger partial charge is 0.0799 e. The molecule has 0 radical (unpaired) electrons. The Kier molecular flexibility index (Phi) is 3.68. The maximum atomic E-state index is 6.44. The number of fused-ring (bicyclic) bond motifs is 2. The van der Waals surface area contributed by atoms with Crippen LogP contribution in [0.4, 0.5) is 5.69 Å². The highest BCUT2D eigenvalue weighted by atomic mass is 15.2. The Labute approximate surface area is 126 Å². The third kappa shape index (κ3) is 2.54. The maximum Gasteiger partial charge on any atom is 0.0799 e. The molecule has 0 amide bonds. The molecule has 3 heteroatoms. The van der Waals surface area contributed by atoms with Crippen LogP contribution in [0.1, 0.15) is 44.0 Å². The van der Waals surface area contributed by atoms with Crippen molar-refractivity contribution in [2.24, 2.45) is 0 Å². The van der Waals surface area contributed by atoms with Gasteiger partial charge >= 0.3 is 0 Å². The van der Waals surface area contributed by atoms with Crippen LogP contribution in [-0.2, 0) is 13.1 Å². The third-order valence-corrected chi connectivity index (χ3v) is 4.02. The second kappa shape index (κ2) is 5.49. The molecule has 3 nitrogen and oxygen atoms in total. The van der Waals surface area contributed by atoms with Crippen molar-refractivity contribution in [1.82, 2.24) is 9.88 Å².